The number of alkyl halides is 2. The summed E-state index contributed by atoms with van der Waals surface area (Å²) in [6.45, 7) is -0.162. The van der Waals surface area contributed by atoms with E-state index in [4.69, 9.17) is 5.73 Å². The molecule has 0 aromatic carbocycles. The largest absolute Gasteiger partial charge is 0.375 e. The van der Waals surface area contributed by atoms with Crippen molar-refractivity contribution in [2.75, 3.05) is 13.2 Å². The van der Waals surface area contributed by atoms with Gasteiger partial charge in [0, 0.05) is 6.61 Å². The topological polar surface area (TPSA) is 35.2 Å². The summed E-state index contributed by atoms with van der Waals surface area (Å²) in [4.78, 5) is 0. The van der Waals surface area contributed by atoms with Gasteiger partial charge in [0.1, 0.15) is 6.61 Å². The number of rotatable bonds is 0. The summed E-state index contributed by atoms with van der Waals surface area (Å²) >= 11 is 0. The van der Waals surface area contributed by atoms with Crippen LogP contribution in [0.3, 0.4) is 0 Å². The molecule has 0 unspecified atom stereocenters. The SMILES string of the molecule is Cl.N[C@H]1CCOCC1(F)F. The molecule has 10 heavy (non-hydrogen) atoms. The lowest BCUT2D eigenvalue weighted by molar-refractivity contribution is -0.127. The van der Waals surface area contributed by atoms with Crippen LogP contribution in [0.4, 0.5) is 8.78 Å². The first-order chi connectivity index (χ1) is 4.13. The zero-order chi connectivity index (χ0) is 6.91. The summed E-state index contributed by atoms with van der Waals surface area (Å²) in [5.74, 6) is -2.81. The normalized spacial score (nSPS) is 30.9. The minimum Gasteiger partial charge on any atom is -0.375 e. The maximum atomic E-state index is 12.3. The number of nitrogens with two attached hydrogens (primary N) is 1. The van der Waals surface area contributed by atoms with Gasteiger partial charge in [-0.05, 0) is 6.42 Å². The van der Waals surface area contributed by atoms with Crippen LogP contribution in [-0.2, 0) is 4.74 Å². The van der Waals surface area contributed by atoms with Gasteiger partial charge in [-0.2, -0.15) is 0 Å². The van der Waals surface area contributed by atoms with Crippen LogP contribution in [0.5, 0.6) is 0 Å². The van der Waals surface area contributed by atoms with Crippen molar-refractivity contribution in [3.05, 3.63) is 0 Å². The van der Waals surface area contributed by atoms with Gasteiger partial charge >= 0.3 is 0 Å². The second-order valence-corrected chi connectivity index (χ2v) is 2.21. The van der Waals surface area contributed by atoms with Crippen molar-refractivity contribution in [2.24, 2.45) is 5.73 Å². The molecule has 2 nitrogen and oxygen atoms in total. The van der Waals surface area contributed by atoms with E-state index in [1.165, 1.54) is 0 Å². The Labute approximate surface area is 64.1 Å². The lowest BCUT2D eigenvalue weighted by Crippen LogP contribution is -2.48. The highest BCUT2D eigenvalue weighted by Gasteiger charge is 2.39. The van der Waals surface area contributed by atoms with Crippen LogP contribution in [0.25, 0.3) is 0 Å². The molecule has 0 aromatic heterocycles. The van der Waals surface area contributed by atoms with E-state index in [0.717, 1.165) is 0 Å². The predicted octanol–water partition coefficient (Wildman–Crippen LogP) is 0.791. The third-order valence-corrected chi connectivity index (χ3v) is 1.41. The molecule has 2 N–H and O–H groups in total. The van der Waals surface area contributed by atoms with Crippen molar-refractivity contribution in [1.29, 1.82) is 0 Å². The van der Waals surface area contributed by atoms with Gasteiger partial charge in [-0.15, -0.1) is 12.4 Å². The van der Waals surface area contributed by atoms with Crippen molar-refractivity contribution >= 4 is 12.4 Å². The Balaban J connectivity index is 0.000000810. The minimum atomic E-state index is -2.81. The van der Waals surface area contributed by atoms with Crippen molar-refractivity contribution < 1.29 is 13.5 Å². The molecule has 1 saturated heterocycles. The van der Waals surface area contributed by atoms with Gasteiger partial charge in [0.05, 0.1) is 6.04 Å². The smallest absolute Gasteiger partial charge is 0.285 e. The molecule has 0 aliphatic carbocycles. The zero-order valence-corrected chi connectivity index (χ0v) is 6.16. The second kappa shape index (κ2) is 3.46. The lowest BCUT2D eigenvalue weighted by Gasteiger charge is -2.27. The Hall–Kier alpha value is 0.0700. The Kier molecular flexibility index (Phi) is 3.48. The van der Waals surface area contributed by atoms with Gasteiger partial charge < -0.3 is 10.5 Å². The Morgan fingerprint density at radius 2 is 2.10 bits per heavy atom. The molecule has 0 amide bonds. The first-order valence-electron chi connectivity index (χ1n) is 2.84. The van der Waals surface area contributed by atoms with E-state index in [1.807, 2.05) is 0 Å². The van der Waals surface area contributed by atoms with E-state index in [1.54, 1.807) is 0 Å². The maximum Gasteiger partial charge on any atom is 0.285 e. The van der Waals surface area contributed by atoms with Crippen LogP contribution >= 0.6 is 12.4 Å². The molecule has 1 atom stereocenters. The van der Waals surface area contributed by atoms with Gasteiger partial charge in [0.15, 0.2) is 0 Å². The average molecular weight is 174 g/mol. The van der Waals surface area contributed by atoms with Crippen LogP contribution in [0.2, 0.25) is 0 Å². The van der Waals surface area contributed by atoms with E-state index in [2.05, 4.69) is 4.74 Å². The summed E-state index contributed by atoms with van der Waals surface area (Å²) in [5.41, 5.74) is 5.08. The number of halogens is 3. The van der Waals surface area contributed by atoms with Gasteiger partial charge in [-0.1, -0.05) is 0 Å². The van der Waals surface area contributed by atoms with Gasteiger partial charge in [0.2, 0.25) is 0 Å². The molecule has 1 rings (SSSR count). The third kappa shape index (κ3) is 2.04. The highest BCUT2D eigenvalue weighted by Crippen LogP contribution is 2.23. The number of hydrogen-bond donors (Lipinski definition) is 1. The van der Waals surface area contributed by atoms with Crippen LogP contribution in [0.1, 0.15) is 6.42 Å². The quantitative estimate of drug-likeness (QED) is 0.588. The molecular weight excluding hydrogens is 164 g/mol. The zero-order valence-electron chi connectivity index (χ0n) is 5.35. The van der Waals surface area contributed by atoms with Gasteiger partial charge in [-0.25, -0.2) is 8.78 Å². The summed E-state index contributed by atoms with van der Waals surface area (Å²) < 4.78 is 29.2. The molecule has 0 aromatic rings. The molecular formula is C5H10ClF2NO. The molecule has 1 aliphatic rings. The fourth-order valence-electron chi connectivity index (χ4n) is 0.737. The molecule has 0 spiro atoms. The Morgan fingerprint density at radius 3 is 2.40 bits per heavy atom. The minimum absolute atomic E-state index is 0. The van der Waals surface area contributed by atoms with E-state index in [0.29, 0.717) is 6.61 Å². The summed E-state index contributed by atoms with van der Waals surface area (Å²) in [7, 11) is 0. The molecule has 5 heteroatoms. The van der Waals surface area contributed by atoms with Crippen LogP contribution in [0.15, 0.2) is 0 Å². The van der Waals surface area contributed by atoms with Gasteiger partial charge in [-0.3, -0.25) is 0 Å². The summed E-state index contributed by atoms with van der Waals surface area (Å²) in [6.07, 6.45) is 0.257. The molecule has 0 bridgehead atoms. The van der Waals surface area contributed by atoms with E-state index in [9.17, 15) is 8.78 Å². The van der Waals surface area contributed by atoms with E-state index >= 15 is 0 Å². The number of hydrogen-bond acceptors (Lipinski definition) is 2. The van der Waals surface area contributed by atoms with E-state index in [-0.39, 0.29) is 18.8 Å². The predicted molar refractivity (Wildman–Crippen MR) is 35.6 cm³/mol. The molecule has 1 heterocycles. The molecule has 1 fully saturated rings. The summed E-state index contributed by atoms with van der Waals surface area (Å²) in [5, 5.41) is 0. The first kappa shape index (κ1) is 10.1. The van der Waals surface area contributed by atoms with E-state index < -0.39 is 18.6 Å². The molecule has 0 radical (unpaired) electrons. The third-order valence-electron chi connectivity index (χ3n) is 1.41. The van der Waals surface area contributed by atoms with Crippen molar-refractivity contribution in [3.63, 3.8) is 0 Å². The van der Waals surface area contributed by atoms with Crippen molar-refractivity contribution in [3.8, 4) is 0 Å². The first-order valence-corrected chi connectivity index (χ1v) is 2.84. The monoisotopic (exact) mass is 173 g/mol. The van der Waals surface area contributed by atoms with Crippen LogP contribution in [-0.4, -0.2) is 25.2 Å². The Bertz CT molecular complexity index is 112. The van der Waals surface area contributed by atoms with Crippen molar-refractivity contribution in [2.45, 2.75) is 18.4 Å². The molecule has 1 aliphatic heterocycles. The second-order valence-electron chi connectivity index (χ2n) is 2.21. The maximum absolute atomic E-state index is 12.3. The average Bonchev–Trinajstić information content (AvgIpc) is 1.77. The lowest BCUT2D eigenvalue weighted by atomic mass is 10.1. The van der Waals surface area contributed by atoms with Gasteiger partial charge in [0.25, 0.3) is 5.92 Å². The summed E-state index contributed by atoms with van der Waals surface area (Å²) in [6, 6.07) is -1.01. The van der Waals surface area contributed by atoms with Crippen molar-refractivity contribution in [1.82, 2.24) is 0 Å². The fraction of sp³-hybridized carbons (Fsp3) is 1.00. The van der Waals surface area contributed by atoms with Crippen LogP contribution < -0.4 is 5.73 Å². The number of ether oxygens (including phenoxy) is 1. The fourth-order valence-corrected chi connectivity index (χ4v) is 0.737. The highest BCUT2D eigenvalue weighted by atomic mass is 35.5. The standard InChI is InChI=1S/C5H9F2NO.ClH/c6-5(7)3-9-2-1-4(5)8;/h4H,1-3,8H2;1H/t4-;/m0./s1. The molecule has 62 valence electrons. The Morgan fingerprint density at radius 1 is 1.50 bits per heavy atom. The van der Waals surface area contributed by atoms with Crippen LogP contribution in [0, 0.1) is 0 Å². The molecule has 0 saturated carbocycles. The highest BCUT2D eigenvalue weighted by molar-refractivity contribution is 5.85.